The second-order valence-electron chi connectivity index (χ2n) is 6.40. The number of sulfonamides is 1. The highest BCUT2D eigenvalue weighted by atomic mass is 35.5. The van der Waals surface area contributed by atoms with Crippen molar-refractivity contribution in [2.75, 3.05) is 13.1 Å². The van der Waals surface area contributed by atoms with Crippen LogP contribution in [0.4, 0.5) is 0 Å². The molecule has 0 atom stereocenters. The summed E-state index contributed by atoms with van der Waals surface area (Å²) in [5.41, 5.74) is 5.35. The molecule has 0 bridgehead atoms. The topological polar surface area (TPSA) is 101 Å². The van der Waals surface area contributed by atoms with E-state index >= 15 is 0 Å². The molecule has 0 aliphatic carbocycles. The van der Waals surface area contributed by atoms with E-state index in [0.29, 0.717) is 6.54 Å². The van der Waals surface area contributed by atoms with Crippen LogP contribution in [0.2, 0.25) is 0 Å². The van der Waals surface area contributed by atoms with Crippen molar-refractivity contribution >= 4 is 39.1 Å². The SMILES string of the molecule is CCC(CC)(CN)NC(=O)CCNS(=O)(=O)c1ccc2ccccc2c1.Cl. The number of carbonyl (C=O) groups excluding carboxylic acids is 1. The van der Waals surface area contributed by atoms with Crippen LogP contribution in [-0.2, 0) is 14.8 Å². The molecular weight excluding hydrogens is 386 g/mol. The Labute approximate surface area is 167 Å². The molecule has 0 aromatic heterocycles. The molecule has 6 nitrogen and oxygen atoms in total. The summed E-state index contributed by atoms with van der Waals surface area (Å²) in [4.78, 5) is 12.3. The van der Waals surface area contributed by atoms with E-state index in [4.69, 9.17) is 5.73 Å². The van der Waals surface area contributed by atoms with Gasteiger partial charge in [0.25, 0.3) is 0 Å². The lowest BCUT2D eigenvalue weighted by Crippen LogP contribution is -2.53. The summed E-state index contributed by atoms with van der Waals surface area (Å²) in [7, 11) is -3.66. The Morgan fingerprint density at radius 2 is 1.70 bits per heavy atom. The molecule has 2 aromatic rings. The van der Waals surface area contributed by atoms with Gasteiger partial charge in [0, 0.05) is 19.5 Å². The monoisotopic (exact) mass is 413 g/mol. The third-order valence-corrected chi connectivity index (χ3v) is 6.28. The van der Waals surface area contributed by atoms with E-state index in [1.165, 1.54) is 0 Å². The van der Waals surface area contributed by atoms with Crippen LogP contribution >= 0.6 is 12.4 Å². The summed E-state index contributed by atoms with van der Waals surface area (Å²) in [6.07, 6.45) is 1.53. The number of carbonyl (C=O) groups is 1. The Bertz CT molecular complexity index is 859. The fraction of sp³-hybridized carbons (Fsp3) is 0.421. The average Bonchev–Trinajstić information content (AvgIpc) is 2.65. The molecule has 0 aliphatic heterocycles. The number of nitrogens with two attached hydrogens (primary N) is 1. The van der Waals surface area contributed by atoms with Crippen molar-refractivity contribution in [3.63, 3.8) is 0 Å². The molecule has 2 aromatic carbocycles. The minimum Gasteiger partial charge on any atom is -0.349 e. The normalized spacial score (nSPS) is 11.8. The third kappa shape index (κ3) is 5.90. The van der Waals surface area contributed by atoms with E-state index in [1.54, 1.807) is 18.2 Å². The van der Waals surface area contributed by atoms with Crippen LogP contribution in [0.15, 0.2) is 47.4 Å². The van der Waals surface area contributed by atoms with E-state index in [9.17, 15) is 13.2 Å². The lowest BCUT2D eigenvalue weighted by molar-refractivity contribution is -0.122. The highest BCUT2D eigenvalue weighted by Gasteiger charge is 2.26. The van der Waals surface area contributed by atoms with Gasteiger partial charge in [-0.3, -0.25) is 4.79 Å². The van der Waals surface area contributed by atoms with Crippen LogP contribution in [-0.4, -0.2) is 33.0 Å². The molecule has 27 heavy (non-hydrogen) atoms. The molecule has 0 aliphatic rings. The first-order chi connectivity index (χ1) is 12.4. The third-order valence-electron chi connectivity index (χ3n) is 4.82. The van der Waals surface area contributed by atoms with Gasteiger partial charge in [0.15, 0.2) is 0 Å². The average molecular weight is 414 g/mol. The highest BCUT2D eigenvalue weighted by molar-refractivity contribution is 7.89. The number of nitrogens with one attached hydrogen (secondary N) is 2. The minimum absolute atomic E-state index is 0. The smallest absolute Gasteiger partial charge is 0.240 e. The standard InChI is InChI=1S/C19H27N3O3S.ClH/c1-3-19(4-2,14-20)22-18(23)11-12-21-26(24,25)17-10-9-15-7-5-6-8-16(15)13-17;/h5-10,13,21H,3-4,11-12,14,20H2,1-2H3,(H,22,23);1H. The van der Waals surface area contributed by atoms with Crippen molar-refractivity contribution < 1.29 is 13.2 Å². The Morgan fingerprint density at radius 1 is 1.07 bits per heavy atom. The van der Waals surface area contributed by atoms with Crippen LogP contribution in [0.3, 0.4) is 0 Å². The van der Waals surface area contributed by atoms with Crippen LogP contribution < -0.4 is 15.8 Å². The first-order valence-electron chi connectivity index (χ1n) is 8.85. The van der Waals surface area contributed by atoms with Crippen LogP contribution in [0.5, 0.6) is 0 Å². The highest BCUT2D eigenvalue weighted by Crippen LogP contribution is 2.19. The zero-order valence-corrected chi connectivity index (χ0v) is 17.3. The predicted molar refractivity (Wildman–Crippen MR) is 112 cm³/mol. The van der Waals surface area contributed by atoms with Crippen LogP contribution in [0.25, 0.3) is 10.8 Å². The number of hydrogen-bond donors (Lipinski definition) is 3. The number of amides is 1. The lowest BCUT2D eigenvalue weighted by atomic mass is 9.93. The van der Waals surface area contributed by atoms with Gasteiger partial charge in [-0.05, 0) is 35.7 Å². The van der Waals surface area contributed by atoms with E-state index in [0.717, 1.165) is 23.6 Å². The van der Waals surface area contributed by atoms with Gasteiger partial charge in [0.1, 0.15) is 0 Å². The Balaban J connectivity index is 0.00000364. The summed E-state index contributed by atoms with van der Waals surface area (Å²) < 4.78 is 27.4. The first-order valence-corrected chi connectivity index (χ1v) is 10.3. The van der Waals surface area contributed by atoms with Gasteiger partial charge in [-0.25, -0.2) is 13.1 Å². The minimum atomic E-state index is -3.66. The second kappa shape index (κ2) is 10.0. The van der Waals surface area contributed by atoms with E-state index in [1.807, 2.05) is 38.1 Å². The second-order valence-corrected chi connectivity index (χ2v) is 8.16. The fourth-order valence-electron chi connectivity index (χ4n) is 2.84. The number of fused-ring (bicyclic) bond motifs is 1. The summed E-state index contributed by atoms with van der Waals surface area (Å²) in [5.74, 6) is -0.208. The maximum atomic E-state index is 12.4. The number of benzene rings is 2. The zero-order valence-electron chi connectivity index (χ0n) is 15.7. The largest absolute Gasteiger partial charge is 0.349 e. The van der Waals surface area contributed by atoms with Crippen molar-refractivity contribution in [2.24, 2.45) is 5.73 Å². The molecule has 0 saturated carbocycles. The van der Waals surface area contributed by atoms with Crippen LogP contribution in [0.1, 0.15) is 33.1 Å². The molecule has 150 valence electrons. The van der Waals surface area contributed by atoms with Gasteiger partial charge in [-0.2, -0.15) is 0 Å². The van der Waals surface area contributed by atoms with Gasteiger partial charge < -0.3 is 11.1 Å². The van der Waals surface area contributed by atoms with Gasteiger partial charge in [-0.1, -0.05) is 44.2 Å². The van der Waals surface area contributed by atoms with E-state index in [2.05, 4.69) is 10.0 Å². The Hall–Kier alpha value is -1.67. The molecule has 0 heterocycles. The summed E-state index contributed by atoms with van der Waals surface area (Å²) in [6, 6.07) is 12.5. The summed E-state index contributed by atoms with van der Waals surface area (Å²) >= 11 is 0. The van der Waals surface area contributed by atoms with Crippen molar-refractivity contribution in [2.45, 2.75) is 43.5 Å². The van der Waals surface area contributed by atoms with Gasteiger partial charge in [-0.15, -0.1) is 12.4 Å². The molecular formula is C19H28ClN3O3S. The maximum absolute atomic E-state index is 12.4. The van der Waals surface area contributed by atoms with Crippen molar-refractivity contribution in [3.05, 3.63) is 42.5 Å². The first kappa shape index (κ1) is 23.4. The van der Waals surface area contributed by atoms with E-state index < -0.39 is 15.6 Å². The summed E-state index contributed by atoms with van der Waals surface area (Å²) in [6.45, 7) is 4.34. The summed E-state index contributed by atoms with van der Waals surface area (Å²) in [5, 5.41) is 4.76. The molecule has 0 radical (unpaired) electrons. The van der Waals surface area contributed by atoms with Crippen molar-refractivity contribution in [1.29, 1.82) is 0 Å². The molecule has 0 unspecified atom stereocenters. The Kier molecular flexibility index (Phi) is 8.68. The maximum Gasteiger partial charge on any atom is 0.240 e. The van der Waals surface area contributed by atoms with Gasteiger partial charge in [0.2, 0.25) is 15.9 Å². The number of hydrogen-bond acceptors (Lipinski definition) is 4. The molecule has 4 N–H and O–H groups in total. The molecule has 1 amide bonds. The molecule has 2 rings (SSSR count). The molecule has 0 fully saturated rings. The van der Waals surface area contributed by atoms with Crippen molar-refractivity contribution in [3.8, 4) is 0 Å². The fourth-order valence-corrected chi connectivity index (χ4v) is 3.91. The van der Waals surface area contributed by atoms with Gasteiger partial charge >= 0.3 is 0 Å². The van der Waals surface area contributed by atoms with E-state index in [-0.39, 0.29) is 36.2 Å². The van der Waals surface area contributed by atoms with Crippen LogP contribution in [0, 0.1) is 0 Å². The molecule has 8 heteroatoms. The number of rotatable bonds is 9. The Morgan fingerprint density at radius 3 is 2.30 bits per heavy atom. The lowest BCUT2D eigenvalue weighted by Gasteiger charge is -2.31. The number of halogens is 1. The van der Waals surface area contributed by atoms with Crippen molar-refractivity contribution in [1.82, 2.24) is 10.0 Å². The quantitative estimate of drug-likeness (QED) is 0.588. The van der Waals surface area contributed by atoms with Gasteiger partial charge in [0.05, 0.1) is 10.4 Å². The molecule has 0 spiro atoms. The molecule has 0 saturated heterocycles. The predicted octanol–water partition coefficient (Wildman–Crippen LogP) is 2.56. The zero-order chi connectivity index (χ0) is 19.2.